The number of hydrogen-bond donors (Lipinski definition) is 1. The predicted molar refractivity (Wildman–Crippen MR) is 72.1 cm³/mol. The van der Waals surface area contributed by atoms with E-state index in [1.807, 2.05) is 6.92 Å². The van der Waals surface area contributed by atoms with Crippen molar-refractivity contribution in [3.8, 4) is 10.7 Å². The minimum atomic E-state index is -0.325. The minimum Gasteiger partial charge on any atom is -0.310 e. The fraction of sp³-hybridized carbons (Fsp3) is 0.385. The van der Waals surface area contributed by atoms with Crippen molar-refractivity contribution >= 4 is 11.3 Å². The Morgan fingerprint density at radius 2 is 2.28 bits per heavy atom. The van der Waals surface area contributed by atoms with Gasteiger partial charge in [-0.3, -0.25) is 4.98 Å². The topological polar surface area (TPSA) is 37.8 Å². The number of hydrogen-bond acceptors (Lipinski definition) is 4. The molecule has 0 saturated carbocycles. The fourth-order valence-electron chi connectivity index (χ4n) is 1.85. The summed E-state index contributed by atoms with van der Waals surface area (Å²) in [6, 6.07) is 3.22. The average molecular weight is 265 g/mol. The van der Waals surface area contributed by atoms with E-state index in [1.165, 1.54) is 17.4 Å². The SMILES string of the molecule is CCNC(C)c1sc(-c2ncccc2F)nc1C. The van der Waals surface area contributed by atoms with Crippen LogP contribution in [-0.4, -0.2) is 16.5 Å². The molecule has 2 rings (SSSR count). The Morgan fingerprint density at radius 3 is 2.94 bits per heavy atom. The molecule has 0 aromatic carbocycles. The van der Waals surface area contributed by atoms with Crippen LogP contribution in [0.15, 0.2) is 18.3 Å². The molecule has 5 heteroatoms. The second kappa shape index (κ2) is 5.54. The van der Waals surface area contributed by atoms with Crippen molar-refractivity contribution in [3.63, 3.8) is 0 Å². The maximum atomic E-state index is 13.7. The highest BCUT2D eigenvalue weighted by molar-refractivity contribution is 7.15. The van der Waals surface area contributed by atoms with Crippen LogP contribution >= 0.6 is 11.3 Å². The highest BCUT2D eigenvalue weighted by Crippen LogP contribution is 2.31. The van der Waals surface area contributed by atoms with Gasteiger partial charge < -0.3 is 5.32 Å². The lowest BCUT2D eigenvalue weighted by atomic mass is 10.2. The number of aromatic nitrogens is 2. The highest BCUT2D eigenvalue weighted by atomic mass is 32.1. The summed E-state index contributed by atoms with van der Waals surface area (Å²) in [5.74, 6) is -0.325. The van der Waals surface area contributed by atoms with Crippen molar-refractivity contribution in [2.45, 2.75) is 26.8 Å². The first kappa shape index (κ1) is 13.1. The number of pyridine rings is 1. The zero-order valence-electron chi connectivity index (χ0n) is 10.7. The molecule has 0 aliphatic carbocycles. The van der Waals surface area contributed by atoms with E-state index in [-0.39, 0.29) is 11.9 Å². The van der Waals surface area contributed by atoms with E-state index in [0.29, 0.717) is 10.7 Å². The normalized spacial score (nSPS) is 12.7. The first-order valence-corrected chi connectivity index (χ1v) is 6.76. The third-order valence-electron chi connectivity index (χ3n) is 2.70. The molecule has 2 heterocycles. The Morgan fingerprint density at radius 1 is 1.50 bits per heavy atom. The molecular weight excluding hydrogens is 249 g/mol. The maximum absolute atomic E-state index is 13.7. The molecule has 3 nitrogen and oxygen atoms in total. The summed E-state index contributed by atoms with van der Waals surface area (Å²) in [7, 11) is 0. The van der Waals surface area contributed by atoms with Crippen LogP contribution in [0.4, 0.5) is 4.39 Å². The standard InChI is InChI=1S/C13H16FN3S/c1-4-15-8(2)12-9(3)17-13(18-12)11-10(14)6-5-7-16-11/h5-8,15H,4H2,1-3H3. The molecule has 18 heavy (non-hydrogen) atoms. The summed E-state index contributed by atoms with van der Waals surface area (Å²) in [4.78, 5) is 9.62. The summed E-state index contributed by atoms with van der Waals surface area (Å²) in [5.41, 5.74) is 1.27. The van der Waals surface area contributed by atoms with Crippen LogP contribution in [0, 0.1) is 12.7 Å². The lowest BCUT2D eigenvalue weighted by molar-refractivity contribution is 0.603. The molecule has 0 bridgehead atoms. The first-order chi connectivity index (χ1) is 8.63. The Labute approximate surface area is 110 Å². The molecule has 1 unspecified atom stereocenters. The van der Waals surface area contributed by atoms with Gasteiger partial charge in [0.25, 0.3) is 0 Å². The second-order valence-corrected chi connectivity index (χ2v) is 5.11. The Balaban J connectivity index is 2.37. The second-order valence-electron chi connectivity index (χ2n) is 4.08. The van der Waals surface area contributed by atoms with Gasteiger partial charge in [-0.15, -0.1) is 11.3 Å². The fourth-order valence-corrected chi connectivity index (χ4v) is 2.94. The summed E-state index contributed by atoms with van der Waals surface area (Å²) in [6.07, 6.45) is 1.59. The number of nitrogens with zero attached hydrogens (tertiary/aromatic N) is 2. The van der Waals surface area contributed by atoms with Gasteiger partial charge in [0.05, 0.1) is 5.69 Å². The summed E-state index contributed by atoms with van der Waals surface area (Å²) >= 11 is 1.50. The molecule has 0 fully saturated rings. The Bertz CT molecular complexity index is 539. The van der Waals surface area contributed by atoms with Crippen molar-refractivity contribution < 1.29 is 4.39 Å². The monoisotopic (exact) mass is 265 g/mol. The summed E-state index contributed by atoms with van der Waals surface area (Å²) in [5, 5.41) is 3.98. The molecule has 0 saturated heterocycles. The maximum Gasteiger partial charge on any atom is 0.151 e. The molecular formula is C13H16FN3S. The van der Waals surface area contributed by atoms with Crippen LogP contribution in [0.2, 0.25) is 0 Å². The molecule has 0 spiro atoms. The lowest BCUT2D eigenvalue weighted by Gasteiger charge is -2.09. The van der Waals surface area contributed by atoms with Crippen molar-refractivity contribution in [3.05, 3.63) is 34.7 Å². The van der Waals surface area contributed by atoms with Gasteiger partial charge >= 0.3 is 0 Å². The van der Waals surface area contributed by atoms with Crippen molar-refractivity contribution in [1.82, 2.24) is 15.3 Å². The van der Waals surface area contributed by atoms with Gasteiger partial charge in [0.15, 0.2) is 5.82 Å². The largest absolute Gasteiger partial charge is 0.310 e. The van der Waals surface area contributed by atoms with Crippen molar-refractivity contribution in [1.29, 1.82) is 0 Å². The van der Waals surface area contributed by atoms with E-state index in [1.54, 1.807) is 12.3 Å². The number of halogens is 1. The van der Waals surface area contributed by atoms with E-state index >= 15 is 0 Å². The quantitative estimate of drug-likeness (QED) is 0.921. The molecule has 0 radical (unpaired) electrons. The van der Waals surface area contributed by atoms with Gasteiger partial charge in [0.1, 0.15) is 10.7 Å². The van der Waals surface area contributed by atoms with Crippen molar-refractivity contribution in [2.75, 3.05) is 6.54 Å². The number of rotatable bonds is 4. The number of nitrogens with one attached hydrogen (secondary N) is 1. The van der Waals surface area contributed by atoms with Gasteiger partial charge in [0.2, 0.25) is 0 Å². The molecule has 2 aromatic heterocycles. The van der Waals surface area contributed by atoms with E-state index < -0.39 is 0 Å². The van der Waals surface area contributed by atoms with Crippen molar-refractivity contribution in [2.24, 2.45) is 0 Å². The zero-order chi connectivity index (χ0) is 13.1. The van der Waals surface area contributed by atoms with E-state index in [0.717, 1.165) is 17.1 Å². The van der Waals surface area contributed by atoms with Crippen LogP contribution in [0.25, 0.3) is 10.7 Å². The van der Waals surface area contributed by atoms with Crippen LogP contribution in [-0.2, 0) is 0 Å². The molecule has 2 aromatic rings. The summed E-state index contributed by atoms with van der Waals surface area (Å²) in [6.45, 7) is 6.99. The Kier molecular flexibility index (Phi) is 4.04. The number of aryl methyl sites for hydroxylation is 1. The minimum absolute atomic E-state index is 0.230. The average Bonchev–Trinajstić information content (AvgIpc) is 2.72. The zero-order valence-corrected chi connectivity index (χ0v) is 11.5. The third kappa shape index (κ3) is 2.57. The van der Waals surface area contributed by atoms with Crippen LogP contribution in [0.5, 0.6) is 0 Å². The van der Waals surface area contributed by atoms with Gasteiger partial charge in [0, 0.05) is 17.1 Å². The van der Waals surface area contributed by atoms with Gasteiger partial charge in [-0.25, -0.2) is 9.37 Å². The van der Waals surface area contributed by atoms with Crippen LogP contribution in [0.3, 0.4) is 0 Å². The van der Waals surface area contributed by atoms with Crippen LogP contribution < -0.4 is 5.32 Å². The van der Waals surface area contributed by atoms with Gasteiger partial charge in [-0.05, 0) is 32.5 Å². The molecule has 96 valence electrons. The Hall–Kier alpha value is -1.33. The smallest absolute Gasteiger partial charge is 0.151 e. The third-order valence-corrected chi connectivity index (χ3v) is 4.04. The van der Waals surface area contributed by atoms with E-state index in [2.05, 4.69) is 29.1 Å². The molecule has 1 atom stereocenters. The van der Waals surface area contributed by atoms with Crippen LogP contribution in [0.1, 0.15) is 30.5 Å². The summed E-state index contributed by atoms with van der Waals surface area (Å²) < 4.78 is 13.7. The lowest BCUT2D eigenvalue weighted by Crippen LogP contribution is -2.17. The predicted octanol–water partition coefficient (Wildman–Crippen LogP) is 3.32. The van der Waals surface area contributed by atoms with Gasteiger partial charge in [-0.1, -0.05) is 6.92 Å². The molecule has 0 aliphatic rings. The highest BCUT2D eigenvalue weighted by Gasteiger charge is 2.17. The number of thiazole rings is 1. The molecule has 0 amide bonds. The van der Waals surface area contributed by atoms with E-state index in [4.69, 9.17) is 0 Å². The first-order valence-electron chi connectivity index (χ1n) is 5.95. The van der Waals surface area contributed by atoms with Gasteiger partial charge in [-0.2, -0.15) is 0 Å². The van der Waals surface area contributed by atoms with E-state index in [9.17, 15) is 4.39 Å². The molecule has 1 N–H and O–H groups in total. The molecule has 0 aliphatic heterocycles.